The quantitative estimate of drug-likeness (QED) is 0.615. The zero-order valence-corrected chi connectivity index (χ0v) is 9.64. The molecule has 0 aromatic carbocycles. The van der Waals surface area contributed by atoms with Gasteiger partial charge in [-0.2, -0.15) is 5.10 Å². The number of carbonyl (C=O) groups excluding carboxylic acids is 2. The fourth-order valence-electron chi connectivity index (χ4n) is 1.20. The zero-order chi connectivity index (χ0) is 12.7. The number of aliphatic hydroxyl groups excluding tert-OH is 1. The van der Waals surface area contributed by atoms with Gasteiger partial charge in [-0.1, -0.05) is 0 Å². The maximum Gasteiger partial charge on any atom is 0.241 e. The van der Waals surface area contributed by atoms with Gasteiger partial charge in [0.2, 0.25) is 11.8 Å². The average Bonchev–Trinajstić information content (AvgIpc) is 2.73. The average molecular weight is 240 g/mol. The summed E-state index contributed by atoms with van der Waals surface area (Å²) in [6.07, 6.45) is 3.74. The van der Waals surface area contributed by atoms with E-state index in [2.05, 4.69) is 15.7 Å². The second-order valence-electron chi connectivity index (χ2n) is 3.48. The van der Waals surface area contributed by atoms with E-state index < -0.39 is 0 Å². The van der Waals surface area contributed by atoms with Crippen molar-refractivity contribution in [1.82, 2.24) is 15.1 Å². The first kappa shape index (κ1) is 13.2. The van der Waals surface area contributed by atoms with E-state index in [0.717, 1.165) is 0 Å². The molecule has 1 aromatic heterocycles. The number of likely N-dealkylation sites (N-methyl/N-ethyl adjacent to an activating group) is 1. The van der Waals surface area contributed by atoms with Crippen LogP contribution >= 0.6 is 0 Å². The Labute approximate surface area is 98.8 Å². The molecule has 3 N–H and O–H groups in total. The third-order valence-electron chi connectivity index (χ3n) is 2.06. The van der Waals surface area contributed by atoms with Crippen molar-refractivity contribution in [1.29, 1.82) is 0 Å². The van der Waals surface area contributed by atoms with Gasteiger partial charge in [0, 0.05) is 26.3 Å². The standard InChI is InChI=1S/C10H16N4O3/c1-11-10(17)7-14-6-8(5-12-14)13-9(16)3-2-4-15/h5-6,15H,2-4,7H2,1H3,(H,11,17)(H,13,16). The fourth-order valence-corrected chi connectivity index (χ4v) is 1.20. The van der Waals surface area contributed by atoms with Gasteiger partial charge in [0.1, 0.15) is 6.54 Å². The highest BCUT2D eigenvalue weighted by Crippen LogP contribution is 2.05. The summed E-state index contributed by atoms with van der Waals surface area (Å²) in [5.74, 6) is -0.343. The zero-order valence-electron chi connectivity index (χ0n) is 9.64. The van der Waals surface area contributed by atoms with Crippen LogP contribution in [0.25, 0.3) is 0 Å². The summed E-state index contributed by atoms with van der Waals surface area (Å²) < 4.78 is 1.43. The molecule has 0 saturated carbocycles. The van der Waals surface area contributed by atoms with Crippen LogP contribution in [-0.2, 0) is 16.1 Å². The maximum absolute atomic E-state index is 11.3. The van der Waals surface area contributed by atoms with Gasteiger partial charge >= 0.3 is 0 Å². The summed E-state index contributed by atoms with van der Waals surface area (Å²) in [7, 11) is 1.55. The molecule has 0 radical (unpaired) electrons. The topological polar surface area (TPSA) is 96.2 Å². The Morgan fingerprint density at radius 2 is 2.24 bits per heavy atom. The summed E-state index contributed by atoms with van der Waals surface area (Å²) in [5, 5.41) is 17.6. The number of hydrogen-bond donors (Lipinski definition) is 3. The van der Waals surface area contributed by atoms with Crippen molar-refractivity contribution in [3.8, 4) is 0 Å². The second-order valence-corrected chi connectivity index (χ2v) is 3.48. The first-order valence-electron chi connectivity index (χ1n) is 5.29. The van der Waals surface area contributed by atoms with Crippen molar-refractivity contribution in [3.05, 3.63) is 12.4 Å². The van der Waals surface area contributed by atoms with Crippen LogP contribution in [0.15, 0.2) is 12.4 Å². The molecule has 0 saturated heterocycles. The molecule has 0 unspecified atom stereocenters. The summed E-state index contributed by atoms with van der Waals surface area (Å²) >= 11 is 0. The van der Waals surface area contributed by atoms with Crippen LogP contribution in [-0.4, -0.2) is 40.4 Å². The number of anilines is 1. The minimum Gasteiger partial charge on any atom is -0.396 e. The molecule has 94 valence electrons. The lowest BCUT2D eigenvalue weighted by atomic mass is 10.3. The molecule has 0 bridgehead atoms. The van der Waals surface area contributed by atoms with E-state index in [1.54, 1.807) is 13.2 Å². The van der Waals surface area contributed by atoms with Gasteiger partial charge in [0.25, 0.3) is 0 Å². The summed E-state index contributed by atoms with van der Waals surface area (Å²) in [6, 6.07) is 0. The third kappa shape index (κ3) is 4.64. The highest BCUT2D eigenvalue weighted by molar-refractivity contribution is 5.90. The van der Waals surface area contributed by atoms with Crippen LogP contribution in [0.3, 0.4) is 0 Å². The Kier molecular flexibility index (Phi) is 5.15. The monoisotopic (exact) mass is 240 g/mol. The third-order valence-corrected chi connectivity index (χ3v) is 2.06. The SMILES string of the molecule is CNC(=O)Cn1cc(NC(=O)CCCO)cn1. The van der Waals surface area contributed by atoms with Crippen molar-refractivity contribution in [2.24, 2.45) is 0 Å². The van der Waals surface area contributed by atoms with E-state index in [9.17, 15) is 9.59 Å². The molecule has 0 aliphatic rings. The van der Waals surface area contributed by atoms with Gasteiger partial charge in [-0.15, -0.1) is 0 Å². The Bertz CT molecular complexity index is 389. The number of nitrogens with one attached hydrogen (secondary N) is 2. The molecule has 0 atom stereocenters. The van der Waals surface area contributed by atoms with Gasteiger partial charge in [-0.25, -0.2) is 0 Å². The minimum absolute atomic E-state index is 0.0106. The number of nitrogens with zero attached hydrogens (tertiary/aromatic N) is 2. The van der Waals surface area contributed by atoms with E-state index >= 15 is 0 Å². The van der Waals surface area contributed by atoms with Crippen LogP contribution in [0.5, 0.6) is 0 Å². The van der Waals surface area contributed by atoms with E-state index in [1.807, 2.05) is 0 Å². The second kappa shape index (κ2) is 6.64. The van der Waals surface area contributed by atoms with Crippen molar-refractivity contribution in [2.45, 2.75) is 19.4 Å². The highest BCUT2D eigenvalue weighted by Gasteiger charge is 2.05. The largest absolute Gasteiger partial charge is 0.396 e. The Hall–Kier alpha value is -1.89. The number of amides is 2. The lowest BCUT2D eigenvalue weighted by Crippen LogP contribution is -2.23. The molecule has 2 amide bonds. The number of carbonyl (C=O) groups is 2. The van der Waals surface area contributed by atoms with E-state index in [4.69, 9.17) is 5.11 Å². The van der Waals surface area contributed by atoms with Crippen LogP contribution in [0, 0.1) is 0 Å². The Morgan fingerprint density at radius 1 is 1.47 bits per heavy atom. The fraction of sp³-hybridized carbons (Fsp3) is 0.500. The van der Waals surface area contributed by atoms with Crippen molar-refractivity contribution >= 4 is 17.5 Å². The highest BCUT2D eigenvalue weighted by atomic mass is 16.3. The van der Waals surface area contributed by atoms with E-state index in [0.29, 0.717) is 12.1 Å². The predicted molar refractivity (Wildman–Crippen MR) is 61.2 cm³/mol. The number of hydrogen-bond acceptors (Lipinski definition) is 4. The lowest BCUT2D eigenvalue weighted by Gasteiger charge is -2.01. The maximum atomic E-state index is 11.3. The Balaban J connectivity index is 2.45. The molecule has 0 aliphatic carbocycles. The molecule has 7 heteroatoms. The van der Waals surface area contributed by atoms with Crippen molar-refractivity contribution in [3.63, 3.8) is 0 Å². The smallest absolute Gasteiger partial charge is 0.241 e. The van der Waals surface area contributed by atoms with Gasteiger partial charge in [-0.3, -0.25) is 14.3 Å². The summed E-state index contributed by atoms with van der Waals surface area (Å²) in [4.78, 5) is 22.4. The first-order valence-corrected chi connectivity index (χ1v) is 5.29. The molecule has 7 nitrogen and oxygen atoms in total. The first-order chi connectivity index (χ1) is 8.15. The molecule has 1 aromatic rings. The number of rotatable bonds is 6. The van der Waals surface area contributed by atoms with Crippen LogP contribution < -0.4 is 10.6 Å². The Morgan fingerprint density at radius 3 is 2.88 bits per heavy atom. The normalized spacial score (nSPS) is 10.0. The van der Waals surface area contributed by atoms with Crippen LogP contribution in [0.1, 0.15) is 12.8 Å². The summed E-state index contributed by atoms with van der Waals surface area (Å²) in [5.41, 5.74) is 0.539. The minimum atomic E-state index is -0.182. The predicted octanol–water partition coefficient (Wildman–Crippen LogP) is -0.660. The lowest BCUT2D eigenvalue weighted by molar-refractivity contribution is -0.121. The van der Waals surface area contributed by atoms with E-state index in [1.165, 1.54) is 10.9 Å². The molecule has 0 fully saturated rings. The molecule has 0 aliphatic heterocycles. The number of aliphatic hydroxyl groups is 1. The number of aromatic nitrogens is 2. The van der Waals surface area contributed by atoms with Gasteiger partial charge in [-0.05, 0) is 6.42 Å². The van der Waals surface area contributed by atoms with Crippen LogP contribution in [0.4, 0.5) is 5.69 Å². The molecule has 1 heterocycles. The summed E-state index contributed by atoms with van der Waals surface area (Å²) in [6.45, 7) is 0.104. The molecule has 0 spiro atoms. The van der Waals surface area contributed by atoms with Crippen LogP contribution in [0.2, 0.25) is 0 Å². The van der Waals surface area contributed by atoms with Gasteiger partial charge in [0.05, 0.1) is 11.9 Å². The molecular weight excluding hydrogens is 224 g/mol. The van der Waals surface area contributed by atoms with Gasteiger partial charge < -0.3 is 15.7 Å². The van der Waals surface area contributed by atoms with Crippen molar-refractivity contribution < 1.29 is 14.7 Å². The molecular formula is C10H16N4O3. The molecule has 1 rings (SSSR count). The van der Waals surface area contributed by atoms with Gasteiger partial charge in [0.15, 0.2) is 0 Å². The van der Waals surface area contributed by atoms with E-state index in [-0.39, 0.29) is 31.4 Å². The van der Waals surface area contributed by atoms with Crippen molar-refractivity contribution in [2.75, 3.05) is 19.0 Å². The molecule has 17 heavy (non-hydrogen) atoms.